The van der Waals surface area contributed by atoms with E-state index in [1.807, 2.05) is 0 Å². The molecule has 0 aromatic heterocycles. The summed E-state index contributed by atoms with van der Waals surface area (Å²) in [6.07, 6.45) is 12.1. The standard InChI is InChI=1S/C14H14O2/c1-10-2-4-11(5-3-10)8-12-9-13(15)6-7-14(12)16/h2-4,6-7,9,11H,5,8H2,1H3. The van der Waals surface area contributed by atoms with Gasteiger partial charge in [-0.15, -0.1) is 0 Å². The van der Waals surface area contributed by atoms with Gasteiger partial charge in [0.15, 0.2) is 11.6 Å². The Labute approximate surface area is 95.0 Å². The van der Waals surface area contributed by atoms with E-state index in [-0.39, 0.29) is 11.6 Å². The minimum Gasteiger partial charge on any atom is -0.290 e. The van der Waals surface area contributed by atoms with Crippen LogP contribution >= 0.6 is 0 Å². The molecule has 2 heteroatoms. The molecule has 0 aromatic carbocycles. The highest BCUT2D eigenvalue weighted by atomic mass is 16.1. The van der Waals surface area contributed by atoms with E-state index < -0.39 is 0 Å². The zero-order valence-electron chi connectivity index (χ0n) is 9.27. The lowest BCUT2D eigenvalue weighted by molar-refractivity contribution is -0.114. The Balaban J connectivity index is 2.03. The lowest BCUT2D eigenvalue weighted by Gasteiger charge is -2.16. The van der Waals surface area contributed by atoms with E-state index >= 15 is 0 Å². The summed E-state index contributed by atoms with van der Waals surface area (Å²) in [6.45, 7) is 2.06. The second kappa shape index (κ2) is 4.44. The molecule has 0 bridgehead atoms. The summed E-state index contributed by atoms with van der Waals surface area (Å²) in [5.41, 5.74) is 1.89. The molecular formula is C14H14O2. The van der Waals surface area contributed by atoms with Gasteiger partial charge in [-0.25, -0.2) is 0 Å². The molecule has 0 saturated heterocycles. The maximum Gasteiger partial charge on any atom is 0.182 e. The van der Waals surface area contributed by atoms with E-state index in [0.29, 0.717) is 17.9 Å². The summed E-state index contributed by atoms with van der Waals surface area (Å²) in [7, 11) is 0. The second-order valence-electron chi connectivity index (χ2n) is 4.28. The Morgan fingerprint density at radius 3 is 2.75 bits per heavy atom. The lowest BCUT2D eigenvalue weighted by atomic mass is 9.88. The monoisotopic (exact) mass is 214 g/mol. The average Bonchev–Trinajstić information content (AvgIpc) is 2.27. The van der Waals surface area contributed by atoms with Gasteiger partial charge in [0.1, 0.15) is 0 Å². The zero-order valence-corrected chi connectivity index (χ0v) is 9.27. The number of carbonyl (C=O) groups is 2. The van der Waals surface area contributed by atoms with Crippen LogP contribution in [0.5, 0.6) is 0 Å². The molecule has 0 heterocycles. The molecule has 2 rings (SSSR count). The molecule has 16 heavy (non-hydrogen) atoms. The van der Waals surface area contributed by atoms with Crippen LogP contribution in [0.15, 0.2) is 47.6 Å². The summed E-state index contributed by atoms with van der Waals surface area (Å²) in [5.74, 6) is 0.235. The number of hydrogen-bond acceptors (Lipinski definition) is 2. The van der Waals surface area contributed by atoms with Gasteiger partial charge in [0.25, 0.3) is 0 Å². The molecule has 82 valence electrons. The van der Waals surface area contributed by atoms with Crippen molar-refractivity contribution in [3.63, 3.8) is 0 Å². The van der Waals surface area contributed by atoms with Crippen molar-refractivity contribution in [1.29, 1.82) is 0 Å². The smallest absolute Gasteiger partial charge is 0.182 e. The molecule has 0 radical (unpaired) electrons. The number of hydrogen-bond donors (Lipinski definition) is 0. The molecule has 0 fully saturated rings. The van der Waals surface area contributed by atoms with E-state index in [0.717, 1.165) is 6.42 Å². The Kier molecular flexibility index (Phi) is 3.00. The molecule has 0 amide bonds. The summed E-state index contributed by atoms with van der Waals surface area (Å²) in [4.78, 5) is 22.7. The summed E-state index contributed by atoms with van der Waals surface area (Å²) in [5, 5.41) is 0. The molecule has 2 aliphatic carbocycles. The Hall–Kier alpha value is -1.70. The summed E-state index contributed by atoms with van der Waals surface area (Å²) < 4.78 is 0. The van der Waals surface area contributed by atoms with Crippen molar-refractivity contribution in [1.82, 2.24) is 0 Å². The van der Waals surface area contributed by atoms with Crippen LogP contribution in [-0.4, -0.2) is 11.6 Å². The first kappa shape index (κ1) is 10.8. The predicted octanol–water partition coefficient (Wildman–Crippen LogP) is 2.53. The molecule has 1 atom stereocenters. The van der Waals surface area contributed by atoms with Crippen molar-refractivity contribution < 1.29 is 9.59 Å². The molecule has 1 unspecified atom stereocenters. The largest absolute Gasteiger partial charge is 0.290 e. The van der Waals surface area contributed by atoms with Crippen LogP contribution in [0.3, 0.4) is 0 Å². The molecule has 0 aromatic rings. The highest BCUT2D eigenvalue weighted by Gasteiger charge is 2.17. The number of allylic oxidation sites excluding steroid dienone is 8. The van der Waals surface area contributed by atoms with E-state index in [4.69, 9.17) is 0 Å². The lowest BCUT2D eigenvalue weighted by Crippen LogP contribution is -2.11. The van der Waals surface area contributed by atoms with Crippen molar-refractivity contribution in [2.45, 2.75) is 19.8 Å². The van der Waals surface area contributed by atoms with Crippen LogP contribution in [0.4, 0.5) is 0 Å². The quantitative estimate of drug-likeness (QED) is 0.662. The van der Waals surface area contributed by atoms with Crippen LogP contribution in [0.25, 0.3) is 0 Å². The fourth-order valence-electron chi connectivity index (χ4n) is 1.92. The Morgan fingerprint density at radius 2 is 2.06 bits per heavy atom. The van der Waals surface area contributed by atoms with Gasteiger partial charge >= 0.3 is 0 Å². The van der Waals surface area contributed by atoms with Crippen LogP contribution < -0.4 is 0 Å². The van der Waals surface area contributed by atoms with Crippen LogP contribution in [0, 0.1) is 5.92 Å². The molecule has 0 aliphatic heterocycles. The zero-order chi connectivity index (χ0) is 11.5. The third-order valence-corrected chi connectivity index (χ3v) is 2.89. The van der Waals surface area contributed by atoms with Crippen molar-refractivity contribution >= 4 is 11.6 Å². The number of rotatable bonds is 2. The fraction of sp³-hybridized carbons (Fsp3) is 0.286. The van der Waals surface area contributed by atoms with Crippen molar-refractivity contribution in [2.24, 2.45) is 5.92 Å². The molecule has 0 spiro atoms. The van der Waals surface area contributed by atoms with Gasteiger partial charge in [-0.1, -0.05) is 23.8 Å². The van der Waals surface area contributed by atoms with E-state index in [1.54, 1.807) is 0 Å². The highest BCUT2D eigenvalue weighted by Crippen LogP contribution is 2.24. The first-order valence-corrected chi connectivity index (χ1v) is 5.47. The molecule has 0 N–H and O–H groups in total. The fourth-order valence-corrected chi connectivity index (χ4v) is 1.92. The first-order valence-electron chi connectivity index (χ1n) is 5.47. The van der Waals surface area contributed by atoms with Gasteiger partial charge in [-0.3, -0.25) is 9.59 Å². The third-order valence-electron chi connectivity index (χ3n) is 2.89. The van der Waals surface area contributed by atoms with Gasteiger partial charge < -0.3 is 0 Å². The van der Waals surface area contributed by atoms with Crippen LogP contribution in [-0.2, 0) is 9.59 Å². The number of carbonyl (C=O) groups excluding carboxylic acids is 2. The molecular weight excluding hydrogens is 200 g/mol. The predicted molar refractivity (Wildman–Crippen MR) is 62.9 cm³/mol. The second-order valence-corrected chi connectivity index (χ2v) is 4.28. The maximum absolute atomic E-state index is 11.5. The molecule has 0 saturated carbocycles. The minimum atomic E-state index is -0.0823. The Morgan fingerprint density at radius 1 is 1.25 bits per heavy atom. The average molecular weight is 214 g/mol. The number of ketones is 2. The normalized spacial score (nSPS) is 24.4. The van der Waals surface area contributed by atoms with E-state index in [9.17, 15) is 9.59 Å². The van der Waals surface area contributed by atoms with Gasteiger partial charge in [-0.2, -0.15) is 0 Å². The van der Waals surface area contributed by atoms with Crippen LogP contribution in [0.2, 0.25) is 0 Å². The maximum atomic E-state index is 11.5. The summed E-state index contributed by atoms with van der Waals surface area (Å²) >= 11 is 0. The van der Waals surface area contributed by atoms with Crippen LogP contribution in [0.1, 0.15) is 19.8 Å². The Bertz CT molecular complexity index is 447. The van der Waals surface area contributed by atoms with Gasteiger partial charge in [0, 0.05) is 5.57 Å². The third kappa shape index (κ3) is 2.45. The molecule has 2 aliphatic rings. The van der Waals surface area contributed by atoms with E-state index in [1.165, 1.54) is 23.8 Å². The first-order chi connectivity index (χ1) is 7.65. The van der Waals surface area contributed by atoms with Crippen molar-refractivity contribution in [3.8, 4) is 0 Å². The summed E-state index contributed by atoms with van der Waals surface area (Å²) in [6, 6.07) is 0. The molecule has 2 nitrogen and oxygen atoms in total. The van der Waals surface area contributed by atoms with E-state index in [2.05, 4.69) is 25.2 Å². The van der Waals surface area contributed by atoms with Crippen molar-refractivity contribution in [3.05, 3.63) is 47.6 Å². The topological polar surface area (TPSA) is 34.1 Å². The van der Waals surface area contributed by atoms with Gasteiger partial charge in [0.2, 0.25) is 0 Å². The van der Waals surface area contributed by atoms with Gasteiger partial charge in [-0.05, 0) is 43.9 Å². The highest BCUT2D eigenvalue weighted by molar-refractivity contribution is 6.17. The SMILES string of the molecule is CC1=CCC(CC2=CC(=O)C=CC2=O)C=C1. The minimum absolute atomic E-state index is 0.0284. The van der Waals surface area contributed by atoms with Crippen molar-refractivity contribution in [2.75, 3.05) is 0 Å². The van der Waals surface area contributed by atoms with Gasteiger partial charge in [0.05, 0.1) is 0 Å².